The van der Waals surface area contributed by atoms with Gasteiger partial charge < -0.3 is 4.98 Å². The number of H-pyrrole nitrogens is 2. The molecule has 0 amide bonds. The number of aryl methyl sites for hydroxylation is 2. The first-order chi connectivity index (χ1) is 12.7. The summed E-state index contributed by atoms with van der Waals surface area (Å²) in [5.41, 5.74) is 2.32. The molecular formula is C22H20N2O2. The van der Waals surface area contributed by atoms with Gasteiger partial charge in [-0.15, -0.1) is 0 Å². The maximum Gasteiger partial charge on any atom is 0.325 e. The predicted molar refractivity (Wildman–Crippen MR) is 106 cm³/mol. The Kier molecular flexibility index (Phi) is 4.40. The van der Waals surface area contributed by atoms with Crippen molar-refractivity contribution >= 4 is 21.5 Å². The Balaban J connectivity index is 0.000000178. The minimum atomic E-state index is -0.475. The van der Waals surface area contributed by atoms with Crippen LogP contribution in [0.2, 0.25) is 0 Å². The molecule has 1 aromatic heterocycles. The van der Waals surface area contributed by atoms with Crippen molar-refractivity contribution in [2.24, 2.45) is 0 Å². The van der Waals surface area contributed by atoms with Gasteiger partial charge in [0, 0.05) is 12.3 Å². The van der Waals surface area contributed by atoms with Gasteiger partial charge in [0.25, 0.3) is 5.56 Å². The van der Waals surface area contributed by atoms with Crippen molar-refractivity contribution in [1.29, 1.82) is 0 Å². The fourth-order valence-electron chi connectivity index (χ4n) is 3.73. The number of rotatable bonds is 0. The van der Waals surface area contributed by atoms with E-state index in [1.807, 2.05) is 4.98 Å². The second-order valence-electron chi connectivity index (χ2n) is 6.59. The predicted octanol–water partition coefficient (Wildman–Crippen LogP) is 3.94. The van der Waals surface area contributed by atoms with Crippen LogP contribution in [0.15, 0.2) is 70.4 Å². The minimum absolute atomic E-state index is 0.381. The first-order valence-electron chi connectivity index (χ1n) is 8.92. The highest BCUT2D eigenvalue weighted by atomic mass is 16.2. The van der Waals surface area contributed by atoms with E-state index in [9.17, 15) is 9.59 Å². The molecule has 1 aliphatic rings. The van der Waals surface area contributed by atoms with E-state index in [2.05, 4.69) is 53.5 Å². The highest BCUT2D eigenvalue weighted by Crippen LogP contribution is 2.33. The monoisotopic (exact) mass is 344 g/mol. The summed E-state index contributed by atoms with van der Waals surface area (Å²) in [7, 11) is 0. The molecule has 4 nitrogen and oxygen atoms in total. The molecule has 0 bridgehead atoms. The number of fused-ring (bicyclic) bond motifs is 5. The van der Waals surface area contributed by atoms with Crippen LogP contribution in [0.3, 0.4) is 0 Å². The molecule has 2 N–H and O–H groups in total. The van der Waals surface area contributed by atoms with Crippen molar-refractivity contribution in [2.75, 3.05) is 0 Å². The summed E-state index contributed by atoms with van der Waals surface area (Å²) in [4.78, 5) is 24.7. The molecule has 0 fully saturated rings. The van der Waals surface area contributed by atoms with Crippen molar-refractivity contribution in [3.63, 3.8) is 0 Å². The van der Waals surface area contributed by atoms with E-state index in [4.69, 9.17) is 0 Å². The number of aromatic amines is 2. The Morgan fingerprint density at radius 1 is 0.731 bits per heavy atom. The number of nitrogens with one attached hydrogen (secondary N) is 2. The van der Waals surface area contributed by atoms with E-state index in [1.54, 1.807) is 11.1 Å². The lowest BCUT2D eigenvalue weighted by Crippen LogP contribution is -2.19. The largest absolute Gasteiger partial charge is 0.325 e. The van der Waals surface area contributed by atoms with Crippen LogP contribution in [-0.2, 0) is 12.8 Å². The molecule has 0 saturated carbocycles. The molecule has 130 valence electrons. The highest BCUT2D eigenvalue weighted by molar-refractivity contribution is 6.08. The van der Waals surface area contributed by atoms with Gasteiger partial charge in [-0.25, -0.2) is 4.79 Å². The second-order valence-corrected chi connectivity index (χ2v) is 6.59. The Morgan fingerprint density at radius 3 is 2.35 bits per heavy atom. The van der Waals surface area contributed by atoms with E-state index >= 15 is 0 Å². The number of hydrogen-bond acceptors (Lipinski definition) is 2. The van der Waals surface area contributed by atoms with Gasteiger partial charge in [-0.1, -0.05) is 48.5 Å². The van der Waals surface area contributed by atoms with Gasteiger partial charge in [-0.05, 0) is 58.4 Å². The van der Waals surface area contributed by atoms with Gasteiger partial charge in [-0.2, -0.15) is 0 Å². The SMILES string of the molecule is O=c1cc[nH]c(=O)[nH]1.c1ccc2c(c1)ccc1c3c(ccc12)CCCC3. The quantitative estimate of drug-likeness (QED) is 0.475. The molecule has 1 aliphatic carbocycles. The summed E-state index contributed by atoms with van der Waals surface area (Å²) >= 11 is 0. The molecule has 0 saturated heterocycles. The zero-order chi connectivity index (χ0) is 17.9. The second kappa shape index (κ2) is 7.00. The summed E-state index contributed by atoms with van der Waals surface area (Å²) in [5, 5.41) is 5.64. The molecule has 0 aliphatic heterocycles. The van der Waals surface area contributed by atoms with E-state index < -0.39 is 5.69 Å². The fraction of sp³-hybridized carbons (Fsp3) is 0.182. The van der Waals surface area contributed by atoms with E-state index in [0.29, 0.717) is 0 Å². The van der Waals surface area contributed by atoms with Gasteiger partial charge in [0.1, 0.15) is 0 Å². The molecular weight excluding hydrogens is 324 g/mol. The Labute approximate surface area is 150 Å². The lowest BCUT2D eigenvalue weighted by molar-refractivity contribution is 0.690. The van der Waals surface area contributed by atoms with Gasteiger partial charge in [0.05, 0.1) is 0 Å². The lowest BCUT2D eigenvalue weighted by Gasteiger charge is -2.18. The van der Waals surface area contributed by atoms with E-state index in [1.165, 1.54) is 59.5 Å². The van der Waals surface area contributed by atoms with Crippen LogP contribution in [0.25, 0.3) is 21.5 Å². The number of aromatic nitrogens is 2. The minimum Gasteiger partial charge on any atom is -0.314 e. The summed E-state index contributed by atoms with van der Waals surface area (Å²) in [5.74, 6) is 0. The summed E-state index contributed by atoms with van der Waals surface area (Å²) in [6.45, 7) is 0. The van der Waals surface area contributed by atoms with Crippen molar-refractivity contribution in [2.45, 2.75) is 25.7 Å². The smallest absolute Gasteiger partial charge is 0.314 e. The third-order valence-electron chi connectivity index (χ3n) is 4.94. The molecule has 26 heavy (non-hydrogen) atoms. The number of benzene rings is 3. The molecule has 0 spiro atoms. The zero-order valence-corrected chi connectivity index (χ0v) is 14.4. The van der Waals surface area contributed by atoms with Gasteiger partial charge in [0.2, 0.25) is 0 Å². The zero-order valence-electron chi connectivity index (χ0n) is 14.4. The van der Waals surface area contributed by atoms with Crippen LogP contribution in [0.4, 0.5) is 0 Å². The van der Waals surface area contributed by atoms with Crippen molar-refractivity contribution in [1.82, 2.24) is 9.97 Å². The van der Waals surface area contributed by atoms with Crippen molar-refractivity contribution in [3.05, 3.63) is 92.8 Å². The van der Waals surface area contributed by atoms with E-state index in [0.717, 1.165) is 0 Å². The maximum absolute atomic E-state index is 10.2. The first kappa shape index (κ1) is 16.3. The van der Waals surface area contributed by atoms with Gasteiger partial charge >= 0.3 is 5.69 Å². The average Bonchev–Trinajstić information content (AvgIpc) is 2.68. The van der Waals surface area contributed by atoms with Gasteiger partial charge in [-0.3, -0.25) is 9.78 Å². The van der Waals surface area contributed by atoms with Crippen LogP contribution in [0, 0.1) is 0 Å². The summed E-state index contributed by atoms with van der Waals surface area (Å²) in [6.07, 6.45) is 6.51. The standard InChI is InChI=1S/C18H16.C4H4N2O2/c1-3-7-15-13(5-1)9-11-18-16-8-4-2-6-14(16)10-12-17(15)18;7-3-1-2-5-4(8)6-3/h1,3,5,7,9-12H,2,4,6,8H2;1-2H,(H2,5,6,7,8). The van der Waals surface area contributed by atoms with Crippen LogP contribution in [-0.4, -0.2) is 9.97 Å². The van der Waals surface area contributed by atoms with Crippen molar-refractivity contribution < 1.29 is 0 Å². The topological polar surface area (TPSA) is 65.7 Å². The summed E-state index contributed by atoms with van der Waals surface area (Å²) in [6, 6.07) is 19.2. The lowest BCUT2D eigenvalue weighted by atomic mass is 9.86. The number of hydrogen-bond donors (Lipinski definition) is 2. The van der Waals surface area contributed by atoms with Crippen LogP contribution >= 0.6 is 0 Å². The normalized spacial score (nSPS) is 13.1. The van der Waals surface area contributed by atoms with Crippen LogP contribution < -0.4 is 11.2 Å². The van der Waals surface area contributed by atoms with Crippen LogP contribution in [0.5, 0.6) is 0 Å². The molecule has 4 heteroatoms. The molecule has 4 aromatic rings. The molecule has 0 unspecified atom stereocenters. The molecule has 1 heterocycles. The highest BCUT2D eigenvalue weighted by Gasteiger charge is 2.13. The maximum atomic E-state index is 10.2. The first-order valence-corrected chi connectivity index (χ1v) is 8.92. The van der Waals surface area contributed by atoms with E-state index in [-0.39, 0.29) is 5.56 Å². The molecule has 0 radical (unpaired) electrons. The molecule has 3 aromatic carbocycles. The molecule has 0 atom stereocenters. The Hall–Kier alpha value is -3.14. The Bertz CT molecular complexity index is 1160. The van der Waals surface area contributed by atoms with Crippen LogP contribution in [0.1, 0.15) is 24.0 Å². The Morgan fingerprint density at radius 2 is 1.54 bits per heavy atom. The summed E-state index contributed by atoms with van der Waals surface area (Å²) < 4.78 is 0. The molecule has 5 rings (SSSR count). The average molecular weight is 344 g/mol. The van der Waals surface area contributed by atoms with Gasteiger partial charge in [0.15, 0.2) is 0 Å². The van der Waals surface area contributed by atoms with Crippen molar-refractivity contribution in [3.8, 4) is 0 Å². The third kappa shape index (κ3) is 3.18. The fourth-order valence-corrected chi connectivity index (χ4v) is 3.73. The third-order valence-corrected chi connectivity index (χ3v) is 4.94.